The molecule has 1 aliphatic rings. The number of aromatic nitrogens is 1. The number of carbonyl (C=O) groups is 1. The molecule has 2 aromatic rings. The first kappa shape index (κ1) is 13.7. The molecule has 0 N–H and O–H groups in total. The van der Waals surface area contributed by atoms with Crippen molar-refractivity contribution in [3.8, 4) is 5.69 Å². The van der Waals surface area contributed by atoms with Crippen LogP contribution in [0.15, 0.2) is 36.7 Å². The Labute approximate surface area is 124 Å². The van der Waals surface area contributed by atoms with Crippen molar-refractivity contribution in [1.82, 2.24) is 4.57 Å². The third kappa shape index (κ3) is 2.42. The molecule has 0 bridgehead atoms. The lowest BCUT2D eigenvalue weighted by atomic mass is 10.1. The van der Waals surface area contributed by atoms with Crippen LogP contribution in [0.2, 0.25) is 0 Å². The number of cyclic esters (lactones) is 1. The van der Waals surface area contributed by atoms with Crippen LogP contribution >= 0.6 is 0 Å². The van der Waals surface area contributed by atoms with Gasteiger partial charge in [0, 0.05) is 18.1 Å². The van der Waals surface area contributed by atoms with E-state index in [1.165, 1.54) is 5.69 Å². The van der Waals surface area contributed by atoms with Crippen molar-refractivity contribution < 1.29 is 9.53 Å². The van der Waals surface area contributed by atoms with Gasteiger partial charge in [-0.05, 0) is 55.7 Å². The van der Waals surface area contributed by atoms with E-state index in [0.717, 1.165) is 23.2 Å². The van der Waals surface area contributed by atoms with Crippen molar-refractivity contribution >= 4 is 11.8 Å². The molecule has 21 heavy (non-hydrogen) atoms. The molecule has 1 fully saturated rings. The van der Waals surface area contributed by atoms with E-state index in [9.17, 15) is 4.79 Å². The standard InChI is InChI=1S/C17H20N2O2/c1-4-15-11-19(17(20)21-15)14-9-12(2)16(13(3)10-14)18-7-5-6-8-18/h5-10,15H,4,11H2,1-3H3/t15-/m0/s1. The second-order valence-electron chi connectivity index (χ2n) is 5.54. The number of hydrogen-bond acceptors (Lipinski definition) is 2. The van der Waals surface area contributed by atoms with Crippen molar-refractivity contribution in [3.63, 3.8) is 0 Å². The maximum Gasteiger partial charge on any atom is 0.414 e. The van der Waals surface area contributed by atoms with Crippen molar-refractivity contribution in [1.29, 1.82) is 0 Å². The van der Waals surface area contributed by atoms with Gasteiger partial charge in [0.1, 0.15) is 6.10 Å². The van der Waals surface area contributed by atoms with E-state index in [-0.39, 0.29) is 12.2 Å². The smallest absolute Gasteiger partial charge is 0.414 e. The number of hydrogen-bond donors (Lipinski definition) is 0. The summed E-state index contributed by atoms with van der Waals surface area (Å²) in [6, 6.07) is 8.14. The van der Waals surface area contributed by atoms with Crippen LogP contribution in [0.25, 0.3) is 5.69 Å². The molecule has 2 heterocycles. The van der Waals surface area contributed by atoms with E-state index in [1.54, 1.807) is 4.90 Å². The molecule has 1 saturated heterocycles. The summed E-state index contributed by atoms with van der Waals surface area (Å²) < 4.78 is 7.44. The molecule has 1 atom stereocenters. The number of benzene rings is 1. The van der Waals surface area contributed by atoms with Crippen LogP contribution in [0.5, 0.6) is 0 Å². The Hall–Kier alpha value is -2.23. The van der Waals surface area contributed by atoms with E-state index >= 15 is 0 Å². The molecule has 1 aromatic carbocycles. The fourth-order valence-electron chi connectivity index (χ4n) is 2.92. The highest BCUT2D eigenvalue weighted by molar-refractivity contribution is 5.90. The Morgan fingerprint density at radius 3 is 2.33 bits per heavy atom. The Kier molecular flexibility index (Phi) is 3.45. The number of nitrogens with zero attached hydrogens (tertiary/aromatic N) is 2. The fraction of sp³-hybridized carbons (Fsp3) is 0.353. The topological polar surface area (TPSA) is 34.5 Å². The first-order chi connectivity index (χ1) is 10.1. The average molecular weight is 284 g/mol. The van der Waals surface area contributed by atoms with Gasteiger partial charge < -0.3 is 9.30 Å². The molecule has 1 aromatic heterocycles. The number of amides is 1. The van der Waals surface area contributed by atoms with E-state index < -0.39 is 0 Å². The second kappa shape index (κ2) is 5.28. The van der Waals surface area contributed by atoms with E-state index in [2.05, 4.69) is 30.5 Å². The molecule has 0 radical (unpaired) electrons. The second-order valence-corrected chi connectivity index (χ2v) is 5.54. The lowest BCUT2D eigenvalue weighted by molar-refractivity contribution is 0.139. The Morgan fingerprint density at radius 1 is 1.19 bits per heavy atom. The van der Waals surface area contributed by atoms with E-state index in [0.29, 0.717) is 6.54 Å². The predicted molar refractivity (Wildman–Crippen MR) is 83.1 cm³/mol. The molecule has 0 spiro atoms. The summed E-state index contributed by atoms with van der Waals surface area (Å²) in [7, 11) is 0. The van der Waals surface area contributed by atoms with Gasteiger partial charge >= 0.3 is 6.09 Å². The lowest BCUT2D eigenvalue weighted by Gasteiger charge is -2.18. The summed E-state index contributed by atoms with van der Waals surface area (Å²) in [5.41, 5.74) is 4.38. The highest BCUT2D eigenvalue weighted by Crippen LogP contribution is 2.29. The molecule has 0 saturated carbocycles. The largest absolute Gasteiger partial charge is 0.444 e. The van der Waals surface area contributed by atoms with E-state index in [1.807, 2.05) is 31.5 Å². The SMILES string of the molecule is CC[C@H]1CN(c2cc(C)c(-n3cccc3)c(C)c2)C(=O)O1. The van der Waals surface area contributed by atoms with Crippen molar-refractivity contribution in [2.75, 3.05) is 11.4 Å². The van der Waals surface area contributed by atoms with Gasteiger partial charge in [0.25, 0.3) is 0 Å². The van der Waals surface area contributed by atoms with Crippen LogP contribution in [0.3, 0.4) is 0 Å². The number of aryl methyl sites for hydroxylation is 2. The first-order valence-electron chi connectivity index (χ1n) is 7.33. The Balaban J connectivity index is 1.98. The quantitative estimate of drug-likeness (QED) is 0.858. The number of rotatable bonds is 3. The summed E-state index contributed by atoms with van der Waals surface area (Å²) in [4.78, 5) is 13.7. The molecule has 1 amide bonds. The van der Waals surface area contributed by atoms with Crippen LogP contribution in [0.1, 0.15) is 24.5 Å². The maximum atomic E-state index is 12.0. The third-order valence-electron chi connectivity index (χ3n) is 3.98. The van der Waals surface area contributed by atoms with Crippen LogP contribution in [-0.4, -0.2) is 23.3 Å². The van der Waals surface area contributed by atoms with Crippen LogP contribution in [0, 0.1) is 13.8 Å². The van der Waals surface area contributed by atoms with Gasteiger partial charge in [-0.1, -0.05) is 6.92 Å². The zero-order valence-corrected chi connectivity index (χ0v) is 12.7. The predicted octanol–water partition coefficient (Wildman–Crippen LogP) is 3.83. The van der Waals surface area contributed by atoms with E-state index in [4.69, 9.17) is 4.74 Å². The molecule has 4 heteroatoms. The number of anilines is 1. The normalized spacial score (nSPS) is 18.1. The van der Waals surface area contributed by atoms with Gasteiger partial charge in [-0.2, -0.15) is 0 Å². The molecule has 0 unspecified atom stereocenters. The summed E-state index contributed by atoms with van der Waals surface area (Å²) in [6.07, 6.45) is 4.68. The average Bonchev–Trinajstić information content (AvgIpc) is 3.07. The highest BCUT2D eigenvalue weighted by Gasteiger charge is 2.31. The number of carbonyl (C=O) groups excluding carboxylic acids is 1. The van der Waals surface area contributed by atoms with Crippen LogP contribution < -0.4 is 4.90 Å². The zero-order valence-electron chi connectivity index (χ0n) is 12.7. The van der Waals surface area contributed by atoms with Crippen molar-refractivity contribution in [3.05, 3.63) is 47.8 Å². The zero-order chi connectivity index (χ0) is 15.0. The van der Waals surface area contributed by atoms with Crippen molar-refractivity contribution in [2.45, 2.75) is 33.3 Å². The Bertz CT molecular complexity index is 638. The fourth-order valence-corrected chi connectivity index (χ4v) is 2.92. The van der Waals surface area contributed by atoms with Crippen LogP contribution in [-0.2, 0) is 4.74 Å². The molecule has 0 aliphatic carbocycles. The summed E-state index contributed by atoms with van der Waals surface area (Å²) in [5.74, 6) is 0. The van der Waals surface area contributed by atoms with Gasteiger partial charge in [0.15, 0.2) is 0 Å². The number of ether oxygens (including phenoxy) is 1. The summed E-state index contributed by atoms with van der Waals surface area (Å²) >= 11 is 0. The van der Waals surface area contributed by atoms with Crippen molar-refractivity contribution in [2.24, 2.45) is 0 Å². The summed E-state index contributed by atoms with van der Waals surface area (Å²) in [5, 5.41) is 0. The molecular weight excluding hydrogens is 264 g/mol. The minimum atomic E-state index is -0.241. The Morgan fingerprint density at radius 2 is 1.81 bits per heavy atom. The van der Waals surface area contributed by atoms with Gasteiger partial charge in [0.2, 0.25) is 0 Å². The highest BCUT2D eigenvalue weighted by atomic mass is 16.6. The van der Waals surface area contributed by atoms with Gasteiger partial charge in [-0.25, -0.2) is 4.79 Å². The molecule has 4 nitrogen and oxygen atoms in total. The maximum absolute atomic E-state index is 12.0. The first-order valence-corrected chi connectivity index (χ1v) is 7.33. The lowest BCUT2D eigenvalue weighted by Crippen LogP contribution is -2.24. The summed E-state index contributed by atoms with van der Waals surface area (Å²) in [6.45, 7) is 6.82. The van der Waals surface area contributed by atoms with Gasteiger partial charge in [-0.3, -0.25) is 4.90 Å². The molecule has 1 aliphatic heterocycles. The third-order valence-corrected chi connectivity index (χ3v) is 3.98. The molecule has 3 rings (SSSR count). The minimum absolute atomic E-state index is 0.00207. The van der Waals surface area contributed by atoms with Crippen LogP contribution in [0.4, 0.5) is 10.5 Å². The van der Waals surface area contributed by atoms with Gasteiger partial charge in [-0.15, -0.1) is 0 Å². The minimum Gasteiger partial charge on any atom is -0.444 e. The monoisotopic (exact) mass is 284 g/mol. The van der Waals surface area contributed by atoms with Gasteiger partial charge in [0.05, 0.1) is 12.2 Å². The molecular formula is C17H20N2O2. The molecule has 110 valence electrons.